The van der Waals surface area contributed by atoms with Crippen molar-refractivity contribution in [2.45, 2.75) is 127 Å². The molecule has 0 saturated carbocycles. The fraction of sp³-hybridized carbons (Fsp3) is 0.477. The molecular formula is C44H61N9O14. The molecule has 0 saturated heterocycles. The number of hydrogen-bond donors (Lipinski definition) is 12. The van der Waals surface area contributed by atoms with E-state index in [-0.39, 0.29) is 19.3 Å². The second-order valence-corrected chi connectivity index (χ2v) is 16.2. The van der Waals surface area contributed by atoms with Crippen molar-refractivity contribution in [3.05, 3.63) is 71.8 Å². The number of carboxylic acids is 2. The number of nitrogens with one attached hydrogen (secondary N) is 7. The molecule has 2 aromatic rings. The van der Waals surface area contributed by atoms with E-state index in [4.69, 9.17) is 16.6 Å². The predicted molar refractivity (Wildman–Crippen MR) is 237 cm³/mol. The average Bonchev–Trinajstić information content (AvgIpc) is 3.24. The number of benzene rings is 2. The van der Waals surface area contributed by atoms with Gasteiger partial charge >= 0.3 is 11.9 Å². The van der Waals surface area contributed by atoms with Crippen LogP contribution < -0.4 is 48.7 Å². The molecule has 0 radical (unpaired) electrons. The Hall–Kier alpha value is -7.43. The maximum absolute atomic E-state index is 13.8. The Balaban J connectivity index is 2.25. The Morgan fingerprint density at radius 2 is 1.00 bits per heavy atom. The second-order valence-electron chi connectivity index (χ2n) is 16.2. The van der Waals surface area contributed by atoms with Gasteiger partial charge in [0.05, 0.1) is 25.0 Å². The van der Waals surface area contributed by atoms with Gasteiger partial charge in [-0.3, -0.25) is 52.7 Å². The number of carboxylic acid groups (broad SMARTS) is 2. The molecule has 67 heavy (non-hydrogen) atoms. The lowest BCUT2D eigenvalue weighted by molar-refractivity contribution is -0.139. The van der Waals surface area contributed by atoms with Crippen molar-refractivity contribution in [3.8, 4) is 0 Å². The molecule has 0 fully saturated rings. The molecule has 23 nitrogen and oxygen atoms in total. The summed E-state index contributed by atoms with van der Waals surface area (Å²) >= 11 is 0. The van der Waals surface area contributed by atoms with Gasteiger partial charge in [0.1, 0.15) is 36.3 Å². The Labute approximate surface area is 386 Å². The summed E-state index contributed by atoms with van der Waals surface area (Å²) < 4.78 is 0. The van der Waals surface area contributed by atoms with Crippen LogP contribution in [0, 0.1) is 5.92 Å². The number of amides is 9. The number of carbonyl (C=O) groups is 11. The smallest absolute Gasteiger partial charge is 0.303 e. The summed E-state index contributed by atoms with van der Waals surface area (Å²) in [5.41, 5.74) is 12.2. The molecule has 8 atom stereocenters. The highest BCUT2D eigenvalue weighted by Crippen LogP contribution is 2.12. The van der Waals surface area contributed by atoms with Crippen molar-refractivity contribution in [1.29, 1.82) is 0 Å². The van der Waals surface area contributed by atoms with E-state index < -0.39 is 152 Å². The van der Waals surface area contributed by atoms with E-state index in [1.165, 1.54) is 6.92 Å². The lowest BCUT2D eigenvalue weighted by Crippen LogP contribution is -2.60. The SMILES string of the molecule is CC(=O)N[C@@H](CCC(=O)O)C(=O)N[C@H](C(=O)N[C@@H](CC(N)=O)C(=O)N[C@@H](Cc1ccccc1)[C@@H](O)CC(=O)N[C@@H](C)C(=O)N[C@@H](CCC(=O)O)C(=O)N[C@@H](Cc1ccccc1)C(N)=O)C(C)C. The van der Waals surface area contributed by atoms with Gasteiger partial charge in [0.15, 0.2) is 0 Å². The highest BCUT2D eigenvalue weighted by atomic mass is 16.4. The first-order valence-corrected chi connectivity index (χ1v) is 21.3. The normalized spacial score (nSPS) is 14.5. The third-order valence-corrected chi connectivity index (χ3v) is 10.1. The van der Waals surface area contributed by atoms with E-state index in [1.807, 2.05) is 0 Å². The van der Waals surface area contributed by atoms with E-state index in [9.17, 15) is 63.0 Å². The van der Waals surface area contributed by atoms with Crippen molar-refractivity contribution in [1.82, 2.24) is 37.2 Å². The van der Waals surface area contributed by atoms with Crippen LogP contribution in [0.3, 0.4) is 0 Å². The number of rotatable bonds is 29. The number of aliphatic hydroxyl groups is 1. The monoisotopic (exact) mass is 939 g/mol. The van der Waals surface area contributed by atoms with Crippen molar-refractivity contribution in [3.63, 3.8) is 0 Å². The van der Waals surface area contributed by atoms with Gasteiger partial charge in [0.2, 0.25) is 53.2 Å². The Morgan fingerprint density at radius 3 is 1.48 bits per heavy atom. The summed E-state index contributed by atoms with van der Waals surface area (Å²) in [5, 5.41) is 46.7. The van der Waals surface area contributed by atoms with Crippen LogP contribution >= 0.6 is 0 Å². The fourth-order valence-electron chi connectivity index (χ4n) is 6.55. The third-order valence-electron chi connectivity index (χ3n) is 10.1. The molecule has 9 amide bonds. The minimum absolute atomic E-state index is 0.00198. The zero-order valence-corrected chi connectivity index (χ0v) is 37.6. The van der Waals surface area contributed by atoms with E-state index in [0.29, 0.717) is 11.1 Å². The number of aliphatic hydroxyl groups excluding tert-OH is 1. The summed E-state index contributed by atoms with van der Waals surface area (Å²) in [4.78, 5) is 139. The molecule has 2 rings (SSSR count). The van der Waals surface area contributed by atoms with Gasteiger partial charge in [0, 0.05) is 26.2 Å². The zero-order valence-electron chi connectivity index (χ0n) is 37.6. The number of carbonyl (C=O) groups excluding carboxylic acids is 9. The van der Waals surface area contributed by atoms with Gasteiger partial charge in [-0.25, -0.2) is 0 Å². The van der Waals surface area contributed by atoms with E-state index >= 15 is 0 Å². The molecule has 0 aliphatic carbocycles. The number of nitrogens with two attached hydrogens (primary N) is 2. The first kappa shape index (κ1) is 55.7. The molecule has 0 aliphatic heterocycles. The number of aliphatic carboxylic acids is 2. The van der Waals surface area contributed by atoms with Crippen molar-refractivity contribution >= 4 is 65.1 Å². The van der Waals surface area contributed by atoms with Crippen LogP contribution in [0.2, 0.25) is 0 Å². The lowest BCUT2D eigenvalue weighted by Gasteiger charge is -2.29. The van der Waals surface area contributed by atoms with Gasteiger partial charge in [-0.2, -0.15) is 0 Å². The van der Waals surface area contributed by atoms with Gasteiger partial charge in [-0.1, -0.05) is 74.5 Å². The number of hydrogen-bond acceptors (Lipinski definition) is 12. The van der Waals surface area contributed by atoms with Gasteiger partial charge in [-0.05, 0) is 43.2 Å². The Bertz CT molecular complexity index is 2070. The molecule has 0 spiro atoms. The van der Waals surface area contributed by atoms with Crippen LogP contribution in [0.15, 0.2) is 60.7 Å². The van der Waals surface area contributed by atoms with Crippen LogP contribution in [0.25, 0.3) is 0 Å². The van der Waals surface area contributed by atoms with Gasteiger partial charge in [-0.15, -0.1) is 0 Å². The molecule has 0 aromatic heterocycles. The van der Waals surface area contributed by atoms with Crippen LogP contribution in [0.1, 0.15) is 77.3 Å². The minimum Gasteiger partial charge on any atom is -0.481 e. The Morgan fingerprint density at radius 1 is 0.537 bits per heavy atom. The van der Waals surface area contributed by atoms with E-state index in [0.717, 1.165) is 6.92 Å². The average molecular weight is 940 g/mol. The van der Waals surface area contributed by atoms with E-state index in [2.05, 4.69) is 37.2 Å². The topological polar surface area (TPSA) is 385 Å². The Kier molecular flexibility index (Phi) is 23.1. The molecular weight excluding hydrogens is 879 g/mol. The largest absolute Gasteiger partial charge is 0.481 e. The molecule has 2 aromatic carbocycles. The molecule has 14 N–H and O–H groups in total. The zero-order chi connectivity index (χ0) is 50.4. The standard InChI is InChI=1S/C44H61N9O14/c1-23(2)38(53-42(65)28(48-25(4)54)15-17-36(58)59)44(67)52-32(21-34(45)56)43(66)50-30(19-26-11-7-5-8-12-26)33(55)22-35(57)47-24(3)40(63)49-29(16-18-37(60)61)41(64)51-31(39(46)62)20-27-13-9-6-10-14-27/h5-14,23-24,28-33,38,55H,15-22H2,1-4H3,(H2,45,56)(H2,46,62)(H,47,57)(H,48,54)(H,49,63)(H,50,66)(H,51,64)(H,52,67)(H,53,65)(H,58,59)(H,60,61)/t24-,28-,29-,30-,31-,32-,33-,38-/m0/s1. The quantitative estimate of drug-likeness (QED) is 0.0398. The van der Waals surface area contributed by atoms with Crippen LogP contribution in [0.5, 0.6) is 0 Å². The first-order valence-electron chi connectivity index (χ1n) is 21.3. The van der Waals surface area contributed by atoms with Gasteiger partial charge < -0.3 is 64.0 Å². The van der Waals surface area contributed by atoms with Crippen LogP contribution in [-0.4, -0.2) is 129 Å². The summed E-state index contributed by atoms with van der Waals surface area (Å²) in [7, 11) is 0. The van der Waals surface area contributed by atoms with Crippen molar-refractivity contribution in [2.75, 3.05) is 0 Å². The third kappa shape index (κ3) is 21.0. The van der Waals surface area contributed by atoms with Crippen molar-refractivity contribution < 1.29 is 68.1 Å². The second kappa shape index (κ2) is 27.8. The highest BCUT2D eigenvalue weighted by Gasteiger charge is 2.35. The number of primary amides is 2. The van der Waals surface area contributed by atoms with Crippen LogP contribution in [-0.2, 0) is 65.6 Å². The van der Waals surface area contributed by atoms with E-state index in [1.54, 1.807) is 74.5 Å². The fourth-order valence-corrected chi connectivity index (χ4v) is 6.55. The molecule has 0 aliphatic rings. The minimum atomic E-state index is -1.69. The summed E-state index contributed by atoms with van der Waals surface area (Å²) in [6.07, 6.45) is -5.03. The maximum Gasteiger partial charge on any atom is 0.303 e. The van der Waals surface area contributed by atoms with Gasteiger partial charge in [0.25, 0.3) is 0 Å². The molecule has 0 heterocycles. The molecule has 0 bridgehead atoms. The highest BCUT2D eigenvalue weighted by molar-refractivity contribution is 5.96. The van der Waals surface area contributed by atoms with Crippen molar-refractivity contribution in [2.24, 2.45) is 17.4 Å². The summed E-state index contributed by atoms with van der Waals surface area (Å²) in [6.45, 7) is 5.45. The van der Waals surface area contributed by atoms with Crippen LogP contribution in [0.4, 0.5) is 0 Å². The molecule has 366 valence electrons. The molecule has 23 heteroatoms. The summed E-state index contributed by atoms with van der Waals surface area (Å²) in [6, 6.07) is 7.16. The predicted octanol–water partition coefficient (Wildman–Crippen LogP) is -2.60. The first-order chi connectivity index (χ1) is 31.5. The maximum atomic E-state index is 13.8. The summed E-state index contributed by atoms with van der Waals surface area (Å²) in [5.74, 6) is -11.4. The molecule has 0 unspecified atom stereocenters. The lowest BCUT2D eigenvalue weighted by atomic mass is 9.97.